The molecule has 0 aliphatic heterocycles. The first-order valence-electron chi connectivity index (χ1n) is 9.18. The van der Waals surface area contributed by atoms with Gasteiger partial charge in [-0.1, -0.05) is 6.07 Å². The molecular weight excluding hydrogens is 442 g/mol. The Bertz CT molecular complexity index is 1010. The lowest BCUT2D eigenvalue weighted by Gasteiger charge is -2.23. The summed E-state index contributed by atoms with van der Waals surface area (Å²) in [6.07, 6.45) is 4.73. The largest absolute Gasteiger partial charge is 0.497 e. The van der Waals surface area contributed by atoms with Crippen LogP contribution >= 0.6 is 0 Å². The van der Waals surface area contributed by atoms with Crippen molar-refractivity contribution in [1.82, 2.24) is 4.98 Å². The number of aromatic hydroxyl groups is 1. The zero-order valence-electron chi connectivity index (χ0n) is 18.0. The SMILES string of the molecule is C[N+](C)(C)CCOC(=O)/C=C/c1ccccn1.O=[N+]([O-])c1cc([N+](=O)[O-])c(O)c([N+](=O)[O-])c1. The number of nitro benzene ring substituents is 3. The zero-order valence-corrected chi connectivity index (χ0v) is 18.0. The smallest absolute Gasteiger partial charge is 0.331 e. The number of pyridine rings is 1. The van der Waals surface area contributed by atoms with E-state index in [0.717, 1.165) is 16.7 Å². The third-order valence-corrected chi connectivity index (χ3v) is 3.74. The minimum Gasteiger partial charge on any atom is -0.497 e. The number of non-ortho nitro benzene ring substituents is 1. The van der Waals surface area contributed by atoms with E-state index >= 15 is 0 Å². The summed E-state index contributed by atoms with van der Waals surface area (Å²) >= 11 is 0. The molecule has 0 bridgehead atoms. The second kappa shape index (κ2) is 11.8. The van der Waals surface area contributed by atoms with E-state index in [2.05, 4.69) is 26.1 Å². The van der Waals surface area contributed by atoms with E-state index in [9.17, 15) is 35.1 Å². The Labute approximate surface area is 187 Å². The standard InChI is InChI=1S/C13H19N2O2.C6H3N3O7/c1-15(2,3)10-11-17-13(16)8-7-12-6-4-5-9-14-12;10-6-4(8(13)14)1-3(7(11)12)2-5(6)9(15)16/h4-9H,10-11H2,1-3H3;1-2,10H/q+1;/b8-7+;. The second-order valence-electron chi connectivity index (χ2n) is 7.37. The number of esters is 1. The summed E-state index contributed by atoms with van der Waals surface area (Å²) in [6.45, 7) is 1.22. The van der Waals surface area contributed by atoms with Gasteiger partial charge in [-0.05, 0) is 18.2 Å². The van der Waals surface area contributed by atoms with Crippen molar-refractivity contribution in [3.05, 3.63) is 78.6 Å². The average Bonchev–Trinajstić information content (AvgIpc) is 2.72. The zero-order chi connectivity index (χ0) is 25.2. The fourth-order valence-corrected chi connectivity index (χ4v) is 2.07. The molecular formula is C19H22N5O9+. The first kappa shape index (κ1) is 26.6. The van der Waals surface area contributed by atoms with Gasteiger partial charge in [-0.25, -0.2) is 4.79 Å². The summed E-state index contributed by atoms with van der Waals surface area (Å²) in [5.74, 6) is -1.54. The monoisotopic (exact) mass is 464 g/mol. The van der Waals surface area contributed by atoms with E-state index in [0.29, 0.717) is 18.7 Å². The van der Waals surface area contributed by atoms with Gasteiger partial charge in [0.25, 0.3) is 11.4 Å². The van der Waals surface area contributed by atoms with Gasteiger partial charge in [0, 0.05) is 12.3 Å². The summed E-state index contributed by atoms with van der Waals surface area (Å²) in [7, 11) is 6.16. The number of carbonyl (C=O) groups is 1. The quantitative estimate of drug-likeness (QED) is 0.200. The van der Waals surface area contributed by atoms with Crippen LogP contribution in [0.4, 0.5) is 17.1 Å². The fraction of sp³-hybridized carbons (Fsp3) is 0.263. The molecule has 0 saturated heterocycles. The molecule has 0 radical (unpaired) electrons. The van der Waals surface area contributed by atoms with Crippen molar-refractivity contribution in [2.45, 2.75) is 0 Å². The molecule has 14 heteroatoms. The number of nitro groups is 3. The van der Waals surface area contributed by atoms with Gasteiger partial charge in [0.1, 0.15) is 13.2 Å². The Balaban J connectivity index is 0.000000331. The van der Waals surface area contributed by atoms with Crippen molar-refractivity contribution in [2.24, 2.45) is 0 Å². The molecule has 0 atom stereocenters. The lowest BCUT2D eigenvalue weighted by atomic mass is 10.2. The first-order valence-corrected chi connectivity index (χ1v) is 9.18. The summed E-state index contributed by atoms with van der Waals surface area (Å²) in [5, 5.41) is 40.2. The molecule has 0 aliphatic rings. The summed E-state index contributed by atoms with van der Waals surface area (Å²) in [5.41, 5.74) is -2.26. The number of aromatic nitrogens is 1. The van der Waals surface area contributed by atoms with E-state index in [-0.39, 0.29) is 5.97 Å². The molecule has 0 spiro atoms. The third-order valence-electron chi connectivity index (χ3n) is 3.74. The fourth-order valence-electron chi connectivity index (χ4n) is 2.07. The topological polar surface area (TPSA) is 189 Å². The number of phenolic OH excluding ortho intramolecular Hbond substituents is 1. The lowest BCUT2D eigenvalue weighted by Crippen LogP contribution is -2.37. The highest BCUT2D eigenvalue weighted by molar-refractivity contribution is 5.86. The Morgan fingerprint density at radius 1 is 1.06 bits per heavy atom. The minimum absolute atomic E-state index is 0.330. The van der Waals surface area contributed by atoms with E-state index in [1.807, 2.05) is 18.2 Å². The Kier molecular flexibility index (Phi) is 9.51. The number of hydrogen-bond acceptors (Lipinski definition) is 10. The number of hydrogen-bond donors (Lipinski definition) is 1. The van der Waals surface area contributed by atoms with Crippen molar-refractivity contribution in [3.8, 4) is 5.75 Å². The summed E-state index contributed by atoms with van der Waals surface area (Å²) in [4.78, 5) is 43.2. The Morgan fingerprint density at radius 2 is 1.64 bits per heavy atom. The maximum absolute atomic E-state index is 11.4. The van der Waals surface area contributed by atoms with Gasteiger partial charge in [-0.2, -0.15) is 0 Å². The van der Waals surface area contributed by atoms with Crippen LogP contribution in [0.25, 0.3) is 6.08 Å². The van der Waals surface area contributed by atoms with Crippen molar-refractivity contribution in [3.63, 3.8) is 0 Å². The molecule has 14 nitrogen and oxygen atoms in total. The van der Waals surface area contributed by atoms with Crippen LogP contribution in [0.15, 0.2) is 42.6 Å². The molecule has 0 amide bonds. The average molecular weight is 464 g/mol. The van der Waals surface area contributed by atoms with Crippen molar-refractivity contribution >= 4 is 29.1 Å². The highest BCUT2D eigenvalue weighted by Crippen LogP contribution is 2.38. The van der Waals surface area contributed by atoms with Crippen LogP contribution in [0.5, 0.6) is 5.75 Å². The van der Waals surface area contributed by atoms with Crippen LogP contribution < -0.4 is 0 Å². The Morgan fingerprint density at radius 3 is 2.06 bits per heavy atom. The van der Waals surface area contributed by atoms with Gasteiger partial charge >= 0.3 is 17.3 Å². The molecule has 0 unspecified atom stereocenters. The highest BCUT2D eigenvalue weighted by Gasteiger charge is 2.30. The van der Waals surface area contributed by atoms with Crippen LogP contribution in [-0.4, -0.2) is 69.6 Å². The maximum Gasteiger partial charge on any atom is 0.331 e. The molecule has 0 saturated carbocycles. The van der Waals surface area contributed by atoms with Gasteiger partial charge in [-0.15, -0.1) is 0 Å². The molecule has 2 rings (SSSR count). The third kappa shape index (κ3) is 9.48. The van der Waals surface area contributed by atoms with Gasteiger partial charge in [0.15, 0.2) is 0 Å². The van der Waals surface area contributed by atoms with Crippen molar-refractivity contribution < 1.29 is 33.9 Å². The molecule has 1 heterocycles. The number of rotatable bonds is 8. The number of likely N-dealkylation sites (N-methyl/N-ethyl adjacent to an activating group) is 1. The van der Waals surface area contributed by atoms with Crippen LogP contribution in [0, 0.1) is 30.3 Å². The van der Waals surface area contributed by atoms with Gasteiger partial charge in [0.05, 0.1) is 53.7 Å². The molecule has 0 aliphatic carbocycles. The molecule has 1 aromatic carbocycles. The number of quaternary nitrogens is 1. The van der Waals surface area contributed by atoms with E-state index in [4.69, 9.17) is 9.84 Å². The molecule has 1 aromatic heterocycles. The van der Waals surface area contributed by atoms with Gasteiger partial charge < -0.3 is 14.3 Å². The van der Waals surface area contributed by atoms with Gasteiger partial charge in [0.2, 0.25) is 0 Å². The molecule has 1 N–H and O–H groups in total. The van der Waals surface area contributed by atoms with Crippen molar-refractivity contribution in [1.29, 1.82) is 0 Å². The van der Waals surface area contributed by atoms with Crippen molar-refractivity contribution in [2.75, 3.05) is 34.3 Å². The lowest BCUT2D eigenvalue weighted by molar-refractivity contribution is -0.870. The minimum atomic E-state index is -1.21. The van der Waals surface area contributed by atoms with E-state index < -0.39 is 37.6 Å². The molecule has 176 valence electrons. The number of benzene rings is 1. The first-order chi connectivity index (χ1) is 15.3. The number of nitrogens with zero attached hydrogens (tertiary/aromatic N) is 5. The molecule has 0 fully saturated rings. The number of phenols is 1. The van der Waals surface area contributed by atoms with E-state index in [1.54, 1.807) is 12.3 Å². The van der Waals surface area contributed by atoms with Crippen LogP contribution in [0.1, 0.15) is 5.69 Å². The summed E-state index contributed by atoms with van der Waals surface area (Å²) < 4.78 is 5.85. The Hall–Kier alpha value is -4.46. The number of carbonyl (C=O) groups excluding carboxylic acids is 1. The predicted octanol–water partition coefficient (Wildman–Crippen LogP) is 2.46. The van der Waals surface area contributed by atoms with Crippen LogP contribution in [0.2, 0.25) is 0 Å². The maximum atomic E-state index is 11.4. The molecule has 33 heavy (non-hydrogen) atoms. The van der Waals surface area contributed by atoms with E-state index in [1.165, 1.54) is 6.08 Å². The summed E-state index contributed by atoms with van der Waals surface area (Å²) in [6, 6.07) is 6.42. The normalized spacial score (nSPS) is 10.8. The second-order valence-corrected chi connectivity index (χ2v) is 7.37. The van der Waals surface area contributed by atoms with Crippen LogP contribution in [0.3, 0.4) is 0 Å². The highest BCUT2D eigenvalue weighted by atomic mass is 16.6. The number of ether oxygens (including phenoxy) is 1. The predicted molar refractivity (Wildman–Crippen MR) is 115 cm³/mol. The molecule has 2 aromatic rings. The van der Waals surface area contributed by atoms with Crippen LogP contribution in [-0.2, 0) is 9.53 Å². The van der Waals surface area contributed by atoms with Gasteiger partial charge in [-0.3, -0.25) is 35.3 Å².